The van der Waals surface area contributed by atoms with Crippen molar-refractivity contribution < 1.29 is 4.79 Å². The topological polar surface area (TPSA) is 65.5 Å². The van der Waals surface area contributed by atoms with Gasteiger partial charge in [-0.05, 0) is 19.8 Å². The van der Waals surface area contributed by atoms with E-state index in [0.717, 1.165) is 25.3 Å². The highest BCUT2D eigenvalue weighted by molar-refractivity contribution is 14.0. The Morgan fingerprint density at radius 2 is 2.11 bits per heavy atom. The number of nitrogens with one attached hydrogen (secondary N) is 3. The van der Waals surface area contributed by atoms with E-state index >= 15 is 0 Å². The van der Waals surface area contributed by atoms with Crippen molar-refractivity contribution in [2.24, 2.45) is 10.9 Å². The van der Waals surface area contributed by atoms with Gasteiger partial charge in [-0.2, -0.15) is 0 Å². The summed E-state index contributed by atoms with van der Waals surface area (Å²) in [6, 6.07) is 0. The van der Waals surface area contributed by atoms with Crippen LogP contribution < -0.4 is 16.0 Å². The summed E-state index contributed by atoms with van der Waals surface area (Å²) >= 11 is 0. The normalized spacial score (nSPS) is 14.4. The Morgan fingerprint density at radius 3 is 2.67 bits per heavy atom. The maximum Gasteiger partial charge on any atom is 0.223 e. The minimum atomic E-state index is 0. The summed E-state index contributed by atoms with van der Waals surface area (Å²) in [6.07, 6.45) is 3.86. The van der Waals surface area contributed by atoms with Gasteiger partial charge in [0.2, 0.25) is 5.91 Å². The minimum absolute atomic E-state index is 0. The summed E-state index contributed by atoms with van der Waals surface area (Å²) in [5.74, 6) is 1.20. The molecule has 0 spiro atoms. The van der Waals surface area contributed by atoms with E-state index in [9.17, 15) is 4.79 Å². The summed E-state index contributed by atoms with van der Waals surface area (Å²) in [4.78, 5) is 15.7. The molecule has 6 heteroatoms. The molecule has 1 aliphatic carbocycles. The lowest BCUT2D eigenvalue weighted by atomic mass is 10.4. The largest absolute Gasteiger partial charge is 0.357 e. The highest BCUT2D eigenvalue weighted by Gasteiger charge is 2.28. The molecule has 0 saturated heterocycles. The summed E-state index contributed by atoms with van der Waals surface area (Å²) in [5, 5.41) is 9.10. The van der Waals surface area contributed by atoms with Crippen LogP contribution in [0.2, 0.25) is 0 Å². The van der Waals surface area contributed by atoms with Gasteiger partial charge in [0.05, 0.1) is 6.54 Å². The average molecular weight is 366 g/mol. The van der Waals surface area contributed by atoms with Crippen molar-refractivity contribution in [1.29, 1.82) is 0 Å². The van der Waals surface area contributed by atoms with E-state index in [0.29, 0.717) is 19.6 Å². The highest BCUT2D eigenvalue weighted by atomic mass is 127. The van der Waals surface area contributed by atoms with Gasteiger partial charge in [0.1, 0.15) is 0 Å². The lowest BCUT2D eigenvalue weighted by Crippen LogP contribution is -2.38. The molecule has 0 aromatic carbocycles. The second-order valence-corrected chi connectivity index (χ2v) is 4.00. The molecule has 0 aromatic rings. The van der Waals surface area contributed by atoms with Crippen LogP contribution in [0.15, 0.2) is 17.6 Å². The first kappa shape index (κ1) is 17.2. The van der Waals surface area contributed by atoms with Crippen molar-refractivity contribution in [3.05, 3.63) is 12.7 Å². The molecular formula is C12H23IN4O. The molecule has 0 unspecified atom stereocenters. The number of halogens is 1. The minimum Gasteiger partial charge on any atom is -0.357 e. The third-order valence-electron chi connectivity index (χ3n) is 2.39. The fourth-order valence-corrected chi connectivity index (χ4v) is 1.35. The smallest absolute Gasteiger partial charge is 0.223 e. The van der Waals surface area contributed by atoms with Gasteiger partial charge < -0.3 is 16.0 Å². The van der Waals surface area contributed by atoms with Crippen molar-refractivity contribution >= 4 is 35.8 Å². The van der Waals surface area contributed by atoms with E-state index in [-0.39, 0.29) is 35.8 Å². The molecule has 104 valence electrons. The van der Waals surface area contributed by atoms with E-state index in [4.69, 9.17) is 0 Å². The Hall–Kier alpha value is -0.790. The van der Waals surface area contributed by atoms with Gasteiger partial charge in [-0.3, -0.25) is 9.79 Å². The molecule has 5 nitrogen and oxygen atoms in total. The van der Waals surface area contributed by atoms with Crippen LogP contribution in [0.3, 0.4) is 0 Å². The molecule has 1 amide bonds. The quantitative estimate of drug-likeness (QED) is 0.206. The van der Waals surface area contributed by atoms with E-state index < -0.39 is 0 Å². The number of nitrogens with zero attached hydrogens (tertiary/aromatic N) is 1. The van der Waals surface area contributed by atoms with Crippen LogP contribution in [0, 0.1) is 5.92 Å². The van der Waals surface area contributed by atoms with Gasteiger partial charge in [0, 0.05) is 25.6 Å². The standard InChI is InChI=1S/C12H22N4O.HI/c1-3-7-15-12(13-4-2)16-9-8-14-11(17)10-5-6-10;/h3,10H,1,4-9H2,2H3,(H,14,17)(H2,13,15,16);1H. The summed E-state index contributed by atoms with van der Waals surface area (Å²) in [5.41, 5.74) is 0. The maximum absolute atomic E-state index is 11.3. The Kier molecular flexibility index (Phi) is 9.72. The Morgan fingerprint density at radius 1 is 1.39 bits per heavy atom. The first-order chi connectivity index (χ1) is 8.27. The predicted molar refractivity (Wildman–Crippen MR) is 85.3 cm³/mol. The molecule has 18 heavy (non-hydrogen) atoms. The first-order valence-electron chi connectivity index (χ1n) is 6.18. The zero-order valence-corrected chi connectivity index (χ0v) is 13.2. The Bertz CT molecular complexity index is 290. The lowest BCUT2D eigenvalue weighted by Gasteiger charge is -2.09. The molecule has 1 rings (SSSR count). The molecule has 1 aliphatic rings. The summed E-state index contributed by atoms with van der Waals surface area (Å²) < 4.78 is 0. The molecule has 0 heterocycles. The molecule has 0 aromatic heterocycles. The van der Waals surface area contributed by atoms with Gasteiger partial charge in [-0.15, -0.1) is 30.6 Å². The highest BCUT2D eigenvalue weighted by Crippen LogP contribution is 2.28. The summed E-state index contributed by atoms with van der Waals surface area (Å²) in [6.45, 7) is 8.33. The number of hydrogen-bond donors (Lipinski definition) is 3. The average Bonchev–Trinajstić information content (AvgIpc) is 3.15. The number of aliphatic imine (C=N–C) groups is 1. The van der Waals surface area contributed by atoms with Gasteiger partial charge in [0.15, 0.2) is 5.96 Å². The fourth-order valence-electron chi connectivity index (χ4n) is 1.35. The zero-order chi connectivity index (χ0) is 12.5. The van der Waals surface area contributed by atoms with Crippen LogP contribution in [-0.4, -0.2) is 38.0 Å². The van der Waals surface area contributed by atoms with Gasteiger partial charge in [-0.1, -0.05) is 6.08 Å². The monoisotopic (exact) mass is 366 g/mol. The van der Waals surface area contributed by atoms with E-state index in [1.54, 1.807) is 6.08 Å². The Balaban J connectivity index is 0.00000289. The third kappa shape index (κ3) is 7.52. The number of hydrogen-bond acceptors (Lipinski definition) is 2. The third-order valence-corrected chi connectivity index (χ3v) is 2.39. The van der Waals surface area contributed by atoms with Gasteiger partial charge >= 0.3 is 0 Å². The number of carbonyl (C=O) groups excluding carboxylic acids is 1. The van der Waals surface area contributed by atoms with Crippen molar-refractivity contribution in [2.45, 2.75) is 19.8 Å². The molecule has 1 saturated carbocycles. The van der Waals surface area contributed by atoms with Crippen molar-refractivity contribution in [3.8, 4) is 0 Å². The number of amides is 1. The SMILES string of the molecule is C=CCNC(=NCCNC(=O)C1CC1)NCC.I. The van der Waals surface area contributed by atoms with Crippen LogP contribution in [-0.2, 0) is 4.79 Å². The summed E-state index contributed by atoms with van der Waals surface area (Å²) in [7, 11) is 0. The predicted octanol–water partition coefficient (Wildman–Crippen LogP) is 0.872. The molecule has 1 fully saturated rings. The van der Waals surface area contributed by atoms with E-state index in [1.165, 1.54) is 0 Å². The first-order valence-corrected chi connectivity index (χ1v) is 6.18. The van der Waals surface area contributed by atoms with Crippen LogP contribution in [0.4, 0.5) is 0 Å². The van der Waals surface area contributed by atoms with E-state index in [1.807, 2.05) is 6.92 Å². The van der Waals surface area contributed by atoms with Gasteiger partial charge in [0.25, 0.3) is 0 Å². The second kappa shape index (κ2) is 10.2. The van der Waals surface area contributed by atoms with Crippen LogP contribution >= 0.6 is 24.0 Å². The molecule has 0 bridgehead atoms. The van der Waals surface area contributed by atoms with Crippen molar-refractivity contribution in [3.63, 3.8) is 0 Å². The second-order valence-electron chi connectivity index (χ2n) is 4.00. The van der Waals surface area contributed by atoms with Gasteiger partial charge in [-0.25, -0.2) is 0 Å². The lowest BCUT2D eigenvalue weighted by molar-refractivity contribution is -0.122. The fraction of sp³-hybridized carbons (Fsp3) is 0.667. The maximum atomic E-state index is 11.3. The number of guanidine groups is 1. The Labute approximate surface area is 126 Å². The molecular weight excluding hydrogens is 343 g/mol. The van der Waals surface area contributed by atoms with E-state index in [2.05, 4.69) is 27.5 Å². The van der Waals surface area contributed by atoms with Crippen molar-refractivity contribution in [1.82, 2.24) is 16.0 Å². The molecule has 3 N–H and O–H groups in total. The zero-order valence-electron chi connectivity index (χ0n) is 10.9. The molecule has 0 aliphatic heterocycles. The molecule has 0 atom stereocenters. The number of carbonyl (C=O) groups is 1. The number of rotatable bonds is 7. The van der Waals surface area contributed by atoms with Crippen LogP contribution in [0.25, 0.3) is 0 Å². The van der Waals surface area contributed by atoms with Crippen LogP contribution in [0.1, 0.15) is 19.8 Å². The van der Waals surface area contributed by atoms with Crippen LogP contribution in [0.5, 0.6) is 0 Å². The van der Waals surface area contributed by atoms with Crippen molar-refractivity contribution in [2.75, 3.05) is 26.2 Å². The molecule has 0 radical (unpaired) electrons.